The lowest BCUT2D eigenvalue weighted by Crippen LogP contribution is -2.60. The first-order valence-electron chi connectivity index (χ1n) is 5.75. The van der Waals surface area contributed by atoms with Crippen molar-refractivity contribution < 1.29 is 18.3 Å². The second-order valence-corrected chi connectivity index (χ2v) is 4.99. The monoisotopic (exact) mass is 320 g/mol. The first-order chi connectivity index (χ1) is 9.79. The number of hydrogen-bond donors (Lipinski definition) is 2. The molecule has 11 heteroatoms. The summed E-state index contributed by atoms with van der Waals surface area (Å²) < 4.78 is 37.7. The Morgan fingerprint density at radius 3 is 2.57 bits per heavy atom. The Balaban J connectivity index is 1.77. The average Bonchev–Trinajstić information content (AvgIpc) is 2.87. The van der Waals surface area contributed by atoms with Crippen molar-refractivity contribution in [1.82, 2.24) is 25.6 Å². The molecule has 0 aliphatic carbocycles. The lowest BCUT2D eigenvalue weighted by atomic mass is 9.93. The van der Waals surface area contributed by atoms with Crippen LogP contribution in [0.3, 0.4) is 0 Å². The van der Waals surface area contributed by atoms with Crippen LogP contribution in [0.25, 0.3) is 0 Å². The van der Waals surface area contributed by atoms with Gasteiger partial charge in [-0.15, -0.1) is 10.2 Å². The summed E-state index contributed by atoms with van der Waals surface area (Å²) in [6.45, 7) is 0.169. The molecule has 112 valence electrons. The number of nitrogens with zero attached hydrogens (tertiary/aromatic N) is 5. The number of halogens is 4. The molecular weight excluding hydrogens is 313 g/mol. The molecule has 7 nitrogen and oxygen atoms in total. The SMILES string of the molecule is OC1(c2nn[nH]n2)CN(c2ccc(C(F)(F)F)c(Cl)n2)C1. The number of alkyl halides is 3. The molecule has 3 rings (SSSR count). The van der Waals surface area contributed by atoms with Gasteiger partial charge in [0.2, 0.25) is 5.82 Å². The molecule has 0 amide bonds. The minimum absolute atomic E-state index is 0.0846. The summed E-state index contributed by atoms with van der Waals surface area (Å²) in [5, 5.41) is 22.5. The number of aliphatic hydroxyl groups is 1. The predicted molar refractivity (Wildman–Crippen MR) is 64.5 cm³/mol. The summed E-state index contributed by atoms with van der Waals surface area (Å²) in [6.07, 6.45) is -4.55. The molecule has 1 aliphatic heterocycles. The molecule has 2 aromatic rings. The highest BCUT2D eigenvalue weighted by molar-refractivity contribution is 6.30. The van der Waals surface area contributed by atoms with E-state index in [-0.39, 0.29) is 24.7 Å². The zero-order valence-electron chi connectivity index (χ0n) is 10.3. The van der Waals surface area contributed by atoms with E-state index in [0.717, 1.165) is 6.07 Å². The van der Waals surface area contributed by atoms with Gasteiger partial charge in [-0.05, 0) is 12.1 Å². The largest absolute Gasteiger partial charge is 0.419 e. The Hall–Kier alpha value is -1.94. The Morgan fingerprint density at radius 1 is 1.33 bits per heavy atom. The molecule has 0 aromatic carbocycles. The molecule has 3 heterocycles. The van der Waals surface area contributed by atoms with E-state index in [0.29, 0.717) is 0 Å². The van der Waals surface area contributed by atoms with Crippen LogP contribution in [0.5, 0.6) is 0 Å². The summed E-state index contributed by atoms with van der Waals surface area (Å²) in [7, 11) is 0. The van der Waals surface area contributed by atoms with Gasteiger partial charge in [0.15, 0.2) is 5.60 Å². The third-order valence-electron chi connectivity index (χ3n) is 3.13. The van der Waals surface area contributed by atoms with Crippen molar-refractivity contribution in [3.63, 3.8) is 0 Å². The highest BCUT2D eigenvalue weighted by Gasteiger charge is 2.47. The van der Waals surface area contributed by atoms with Crippen LogP contribution in [0, 0.1) is 0 Å². The van der Waals surface area contributed by atoms with Gasteiger partial charge in [-0.1, -0.05) is 16.8 Å². The number of anilines is 1. The second-order valence-electron chi connectivity index (χ2n) is 4.63. The summed E-state index contributed by atoms with van der Waals surface area (Å²) in [6, 6.07) is 2.06. The van der Waals surface area contributed by atoms with Crippen LogP contribution in [0.4, 0.5) is 19.0 Å². The van der Waals surface area contributed by atoms with Crippen LogP contribution in [-0.4, -0.2) is 43.8 Å². The Labute approximate surface area is 120 Å². The normalized spacial score (nSPS) is 17.7. The van der Waals surface area contributed by atoms with Crippen LogP contribution in [0.2, 0.25) is 5.15 Å². The fraction of sp³-hybridized carbons (Fsp3) is 0.400. The molecule has 0 radical (unpaired) electrons. The number of β-amino-alcohol motifs (C(OH)–C–C–N with tert-alkyl or cyclic N) is 1. The van der Waals surface area contributed by atoms with Gasteiger partial charge >= 0.3 is 6.18 Å². The van der Waals surface area contributed by atoms with Crippen molar-refractivity contribution >= 4 is 17.4 Å². The topological polar surface area (TPSA) is 90.8 Å². The summed E-state index contributed by atoms with van der Waals surface area (Å²) in [4.78, 5) is 5.26. The van der Waals surface area contributed by atoms with Gasteiger partial charge in [-0.2, -0.15) is 18.4 Å². The average molecular weight is 321 g/mol. The highest BCUT2D eigenvalue weighted by Crippen LogP contribution is 2.37. The van der Waals surface area contributed by atoms with Gasteiger partial charge in [0, 0.05) is 0 Å². The molecule has 0 saturated carbocycles. The molecule has 2 aromatic heterocycles. The summed E-state index contributed by atoms with van der Waals surface area (Å²) >= 11 is 5.55. The lowest BCUT2D eigenvalue weighted by Gasteiger charge is -2.45. The van der Waals surface area contributed by atoms with Crippen LogP contribution in [0.1, 0.15) is 11.4 Å². The van der Waals surface area contributed by atoms with E-state index in [1.54, 1.807) is 4.90 Å². The zero-order valence-corrected chi connectivity index (χ0v) is 11.0. The van der Waals surface area contributed by atoms with Crippen molar-refractivity contribution in [2.24, 2.45) is 0 Å². The quantitative estimate of drug-likeness (QED) is 0.801. The highest BCUT2D eigenvalue weighted by atomic mass is 35.5. The molecule has 0 unspecified atom stereocenters. The van der Waals surface area contributed by atoms with Crippen molar-refractivity contribution in [3.8, 4) is 0 Å². The predicted octanol–water partition coefficient (Wildman–Crippen LogP) is 0.975. The molecule has 1 fully saturated rings. The number of aromatic nitrogens is 5. The first-order valence-corrected chi connectivity index (χ1v) is 6.12. The van der Waals surface area contributed by atoms with Crippen LogP contribution < -0.4 is 4.90 Å². The van der Waals surface area contributed by atoms with E-state index in [1.807, 2.05) is 0 Å². The van der Waals surface area contributed by atoms with E-state index in [2.05, 4.69) is 25.6 Å². The van der Waals surface area contributed by atoms with Crippen LogP contribution >= 0.6 is 11.6 Å². The molecule has 21 heavy (non-hydrogen) atoms. The minimum Gasteiger partial charge on any atom is -0.378 e. The van der Waals surface area contributed by atoms with E-state index in [9.17, 15) is 18.3 Å². The molecule has 1 saturated heterocycles. The standard InChI is InChI=1S/C10H8ClF3N6O/c11-7-5(10(12,13)14)1-2-6(15-7)20-3-9(21,4-20)8-16-18-19-17-8/h1-2,21H,3-4H2,(H,16,17,18,19). The van der Waals surface area contributed by atoms with Gasteiger partial charge < -0.3 is 10.0 Å². The maximum atomic E-state index is 12.6. The van der Waals surface area contributed by atoms with E-state index < -0.39 is 22.5 Å². The van der Waals surface area contributed by atoms with E-state index in [4.69, 9.17) is 11.6 Å². The van der Waals surface area contributed by atoms with Crippen molar-refractivity contribution in [2.75, 3.05) is 18.0 Å². The number of tetrazole rings is 1. The number of rotatable bonds is 2. The number of nitrogens with one attached hydrogen (secondary N) is 1. The molecule has 0 atom stereocenters. The number of H-pyrrole nitrogens is 1. The minimum atomic E-state index is -4.55. The van der Waals surface area contributed by atoms with Crippen molar-refractivity contribution in [3.05, 3.63) is 28.7 Å². The molecule has 0 bridgehead atoms. The fourth-order valence-electron chi connectivity index (χ4n) is 2.06. The zero-order chi connectivity index (χ0) is 15.3. The Morgan fingerprint density at radius 2 is 2.05 bits per heavy atom. The number of aromatic amines is 1. The van der Waals surface area contributed by atoms with Crippen LogP contribution in [-0.2, 0) is 11.8 Å². The maximum absolute atomic E-state index is 12.6. The van der Waals surface area contributed by atoms with Gasteiger partial charge in [0.25, 0.3) is 0 Å². The van der Waals surface area contributed by atoms with Gasteiger partial charge in [-0.25, -0.2) is 4.98 Å². The Bertz CT molecular complexity index is 655. The molecule has 1 aliphatic rings. The van der Waals surface area contributed by atoms with Gasteiger partial charge in [-0.3, -0.25) is 0 Å². The van der Waals surface area contributed by atoms with E-state index in [1.165, 1.54) is 6.07 Å². The smallest absolute Gasteiger partial charge is 0.378 e. The molecule has 0 spiro atoms. The van der Waals surface area contributed by atoms with Crippen molar-refractivity contribution in [1.29, 1.82) is 0 Å². The van der Waals surface area contributed by atoms with Crippen LogP contribution in [0.15, 0.2) is 12.1 Å². The Kier molecular flexibility index (Phi) is 3.02. The number of hydrogen-bond acceptors (Lipinski definition) is 6. The summed E-state index contributed by atoms with van der Waals surface area (Å²) in [5.41, 5.74) is -2.30. The van der Waals surface area contributed by atoms with E-state index >= 15 is 0 Å². The van der Waals surface area contributed by atoms with Gasteiger partial charge in [0.1, 0.15) is 11.0 Å². The van der Waals surface area contributed by atoms with Crippen molar-refractivity contribution in [2.45, 2.75) is 11.8 Å². The summed E-state index contributed by atoms with van der Waals surface area (Å²) in [5.74, 6) is 0.359. The second kappa shape index (κ2) is 4.53. The molecular formula is C10H8ClF3N6O. The fourth-order valence-corrected chi connectivity index (χ4v) is 2.32. The van der Waals surface area contributed by atoms with Gasteiger partial charge in [0.05, 0.1) is 18.7 Å². The molecule has 2 N–H and O–H groups in total. The maximum Gasteiger partial charge on any atom is 0.419 e. The third kappa shape index (κ3) is 2.40. The third-order valence-corrected chi connectivity index (χ3v) is 3.42. The number of pyridine rings is 1. The first kappa shape index (κ1) is 14.0. The lowest BCUT2D eigenvalue weighted by molar-refractivity contribution is -0.137.